The first-order chi connectivity index (χ1) is 8.78. The van der Waals surface area contributed by atoms with Crippen LogP contribution in [0.4, 0.5) is 0 Å². The van der Waals surface area contributed by atoms with Crippen molar-refractivity contribution in [2.75, 3.05) is 6.61 Å². The molecular formula is C16H28O2. The maximum Gasteiger partial charge on any atom is 0.133 e. The van der Waals surface area contributed by atoms with Crippen LogP contribution in [0.25, 0.3) is 0 Å². The summed E-state index contributed by atoms with van der Waals surface area (Å²) in [5, 5.41) is 0. The van der Waals surface area contributed by atoms with E-state index in [9.17, 15) is 4.79 Å². The monoisotopic (exact) mass is 252 g/mol. The molecule has 2 rings (SSSR count). The van der Waals surface area contributed by atoms with Crippen LogP contribution >= 0.6 is 0 Å². The van der Waals surface area contributed by atoms with E-state index in [0.717, 1.165) is 44.6 Å². The molecule has 2 saturated carbocycles. The average molecular weight is 252 g/mol. The summed E-state index contributed by atoms with van der Waals surface area (Å²) in [6.07, 6.45) is 12.4. The topological polar surface area (TPSA) is 26.3 Å². The lowest BCUT2D eigenvalue weighted by atomic mass is 9.78. The highest BCUT2D eigenvalue weighted by molar-refractivity contribution is 5.78. The van der Waals surface area contributed by atoms with E-state index in [4.69, 9.17) is 4.74 Å². The molecular weight excluding hydrogens is 224 g/mol. The molecule has 0 aromatic carbocycles. The summed E-state index contributed by atoms with van der Waals surface area (Å²) >= 11 is 0. The van der Waals surface area contributed by atoms with Crippen molar-refractivity contribution in [1.29, 1.82) is 0 Å². The minimum atomic E-state index is 0.450. The van der Waals surface area contributed by atoms with Crippen LogP contribution < -0.4 is 0 Å². The Morgan fingerprint density at radius 3 is 2.50 bits per heavy atom. The number of ether oxygens (including phenoxy) is 1. The second-order valence-corrected chi connectivity index (χ2v) is 6.20. The lowest BCUT2D eigenvalue weighted by Crippen LogP contribution is -2.32. The summed E-state index contributed by atoms with van der Waals surface area (Å²) in [6, 6.07) is 0. The van der Waals surface area contributed by atoms with Crippen LogP contribution in [-0.2, 0) is 9.53 Å². The number of hydrogen-bond acceptors (Lipinski definition) is 2. The van der Waals surface area contributed by atoms with Crippen LogP contribution in [0.15, 0.2) is 0 Å². The first-order valence-electron chi connectivity index (χ1n) is 7.91. The molecule has 0 bridgehead atoms. The molecule has 2 aliphatic rings. The summed E-state index contributed by atoms with van der Waals surface area (Å²) in [7, 11) is 0. The van der Waals surface area contributed by atoms with E-state index in [1.54, 1.807) is 0 Å². The fourth-order valence-electron chi connectivity index (χ4n) is 3.48. The van der Waals surface area contributed by atoms with Gasteiger partial charge in [0.15, 0.2) is 0 Å². The van der Waals surface area contributed by atoms with Crippen molar-refractivity contribution in [1.82, 2.24) is 0 Å². The average Bonchev–Trinajstić information content (AvgIpc) is 2.35. The van der Waals surface area contributed by atoms with Gasteiger partial charge in [-0.25, -0.2) is 0 Å². The van der Waals surface area contributed by atoms with Gasteiger partial charge in [0.1, 0.15) is 5.78 Å². The van der Waals surface area contributed by atoms with Crippen molar-refractivity contribution in [2.45, 2.75) is 77.2 Å². The predicted molar refractivity (Wildman–Crippen MR) is 73.6 cm³/mol. The Kier molecular flexibility index (Phi) is 5.68. The Hall–Kier alpha value is -0.370. The Labute approximate surface area is 111 Å². The minimum Gasteiger partial charge on any atom is -0.378 e. The number of carbonyl (C=O) groups excluding carboxylic acids is 1. The normalized spacial score (nSPS) is 28.9. The molecule has 18 heavy (non-hydrogen) atoms. The lowest BCUT2D eigenvalue weighted by molar-refractivity contribution is -0.122. The fourth-order valence-corrected chi connectivity index (χ4v) is 3.48. The Balaban J connectivity index is 1.53. The van der Waals surface area contributed by atoms with Crippen molar-refractivity contribution >= 4 is 5.78 Å². The van der Waals surface area contributed by atoms with Gasteiger partial charge >= 0.3 is 0 Å². The zero-order valence-electron chi connectivity index (χ0n) is 11.8. The van der Waals surface area contributed by atoms with Gasteiger partial charge in [-0.3, -0.25) is 4.79 Å². The number of Topliss-reactive ketones (excluding diaryl/α,β-unsaturated/α-hetero) is 1. The third kappa shape index (κ3) is 4.38. The molecule has 2 nitrogen and oxygen atoms in total. The summed E-state index contributed by atoms with van der Waals surface area (Å²) < 4.78 is 5.53. The molecule has 0 unspecified atom stereocenters. The van der Waals surface area contributed by atoms with Gasteiger partial charge in [0, 0.05) is 19.4 Å². The molecule has 0 saturated heterocycles. The summed E-state index contributed by atoms with van der Waals surface area (Å²) in [6.45, 7) is 2.86. The molecule has 104 valence electrons. The number of carbonyl (C=O) groups is 1. The smallest absolute Gasteiger partial charge is 0.133 e. The van der Waals surface area contributed by atoms with E-state index in [0.29, 0.717) is 17.8 Å². The first-order valence-corrected chi connectivity index (χ1v) is 7.91. The SMILES string of the molecule is CCOC1CC(CC(=O)CCC2CCCCC2)C1. The second kappa shape index (κ2) is 7.28. The van der Waals surface area contributed by atoms with Crippen LogP contribution in [0, 0.1) is 11.8 Å². The minimum absolute atomic E-state index is 0.450. The highest BCUT2D eigenvalue weighted by Gasteiger charge is 2.30. The third-order valence-electron chi connectivity index (χ3n) is 4.67. The Morgan fingerprint density at radius 2 is 1.83 bits per heavy atom. The summed E-state index contributed by atoms with van der Waals surface area (Å²) in [4.78, 5) is 11.9. The van der Waals surface area contributed by atoms with Crippen LogP contribution in [0.2, 0.25) is 0 Å². The number of hydrogen-bond donors (Lipinski definition) is 0. The Bertz CT molecular complexity index is 250. The number of rotatable bonds is 7. The van der Waals surface area contributed by atoms with Gasteiger partial charge in [0.25, 0.3) is 0 Å². The summed E-state index contributed by atoms with van der Waals surface area (Å²) in [5.41, 5.74) is 0. The van der Waals surface area contributed by atoms with Gasteiger partial charge in [0.05, 0.1) is 6.10 Å². The van der Waals surface area contributed by atoms with Crippen LogP contribution in [0.5, 0.6) is 0 Å². The van der Waals surface area contributed by atoms with Gasteiger partial charge in [-0.05, 0) is 38.0 Å². The molecule has 0 N–H and O–H groups in total. The fraction of sp³-hybridized carbons (Fsp3) is 0.938. The van der Waals surface area contributed by atoms with Gasteiger partial charge in [-0.15, -0.1) is 0 Å². The maximum absolute atomic E-state index is 11.9. The molecule has 0 aromatic heterocycles. The highest BCUT2D eigenvalue weighted by Crippen LogP contribution is 2.34. The van der Waals surface area contributed by atoms with Gasteiger partial charge < -0.3 is 4.74 Å². The molecule has 2 aliphatic carbocycles. The maximum atomic E-state index is 11.9. The Morgan fingerprint density at radius 1 is 1.11 bits per heavy atom. The van der Waals surface area contributed by atoms with Gasteiger partial charge in [-0.1, -0.05) is 32.1 Å². The third-order valence-corrected chi connectivity index (χ3v) is 4.67. The van der Waals surface area contributed by atoms with Crippen molar-refractivity contribution in [2.24, 2.45) is 11.8 Å². The molecule has 0 aromatic rings. The van der Waals surface area contributed by atoms with Crippen molar-refractivity contribution in [3.8, 4) is 0 Å². The predicted octanol–water partition coefficient (Wildman–Crippen LogP) is 4.12. The molecule has 0 aliphatic heterocycles. The summed E-state index contributed by atoms with van der Waals surface area (Å²) in [5.74, 6) is 1.97. The van der Waals surface area contributed by atoms with Crippen molar-refractivity contribution in [3.05, 3.63) is 0 Å². The largest absolute Gasteiger partial charge is 0.378 e. The standard InChI is InChI=1S/C16H28O2/c1-2-18-16-11-14(12-16)10-15(17)9-8-13-6-4-3-5-7-13/h13-14,16H,2-12H2,1H3. The zero-order chi connectivity index (χ0) is 12.8. The molecule has 0 spiro atoms. The molecule has 0 radical (unpaired) electrons. The van der Waals surface area contributed by atoms with E-state index in [2.05, 4.69) is 0 Å². The molecule has 0 atom stereocenters. The van der Waals surface area contributed by atoms with Crippen LogP contribution in [-0.4, -0.2) is 18.5 Å². The molecule has 0 amide bonds. The highest BCUT2D eigenvalue weighted by atomic mass is 16.5. The van der Waals surface area contributed by atoms with E-state index in [1.807, 2.05) is 6.92 Å². The van der Waals surface area contributed by atoms with E-state index in [1.165, 1.54) is 32.1 Å². The van der Waals surface area contributed by atoms with Gasteiger partial charge in [0.2, 0.25) is 0 Å². The van der Waals surface area contributed by atoms with E-state index < -0.39 is 0 Å². The van der Waals surface area contributed by atoms with Crippen molar-refractivity contribution < 1.29 is 9.53 Å². The van der Waals surface area contributed by atoms with Crippen LogP contribution in [0.3, 0.4) is 0 Å². The lowest BCUT2D eigenvalue weighted by Gasteiger charge is -2.34. The zero-order valence-corrected chi connectivity index (χ0v) is 11.8. The van der Waals surface area contributed by atoms with E-state index >= 15 is 0 Å². The number of ketones is 1. The molecule has 0 heterocycles. The van der Waals surface area contributed by atoms with Gasteiger partial charge in [-0.2, -0.15) is 0 Å². The quantitative estimate of drug-likeness (QED) is 0.681. The van der Waals surface area contributed by atoms with Crippen LogP contribution in [0.1, 0.15) is 71.1 Å². The molecule has 2 heteroatoms. The molecule has 2 fully saturated rings. The second-order valence-electron chi connectivity index (χ2n) is 6.20. The van der Waals surface area contributed by atoms with E-state index in [-0.39, 0.29) is 0 Å². The first kappa shape index (κ1) is 14.0. The van der Waals surface area contributed by atoms with Crippen molar-refractivity contribution in [3.63, 3.8) is 0 Å².